The molecule has 0 atom stereocenters. The number of rotatable bonds is 5. The number of fused-ring (bicyclic) bond motifs is 1. The summed E-state index contributed by atoms with van der Waals surface area (Å²) in [5.74, 6) is 0.620. The fourth-order valence-corrected chi connectivity index (χ4v) is 5.23. The molecule has 36 heavy (non-hydrogen) atoms. The Balaban J connectivity index is 1.42. The van der Waals surface area contributed by atoms with Gasteiger partial charge in [-0.25, -0.2) is 14.8 Å². The third-order valence-corrected chi connectivity index (χ3v) is 7.15. The van der Waals surface area contributed by atoms with E-state index in [0.29, 0.717) is 54.5 Å². The van der Waals surface area contributed by atoms with Gasteiger partial charge >= 0.3 is 6.09 Å². The van der Waals surface area contributed by atoms with Crippen molar-refractivity contribution in [3.63, 3.8) is 0 Å². The second-order valence-corrected chi connectivity index (χ2v) is 9.38. The van der Waals surface area contributed by atoms with E-state index in [1.54, 1.807) is 23.9 Å². The highest BCUT2D eigenvalue weighted by molar-refractivity contribution is 5.99. The van der Waals surface area contributed by atoms with Crippen molar-refractivity contribution in [2.75, 3.05) is 36.4 Å². The van der Waals surface area contributed by atoms with Crippen molar-refractivity contribution in [1.82, 2.24) is 24.4 Å². The van der Waals surface area contributed by atoms with Crippen molar-refractivity contribution in [3.05, 3.63) is 46.0 Å². The molecule has 1 saturated heterocycles. The van der Waals surface area contributed by atoms with E-state index in [4.69, 9.17) is 10.1 Å². The van der Waals surface area contributed by atoms with Crippen LogP contribution in [0.15, 0.2) is 29.3 Å². The van der Waals surface area contributed by atoms with Crippen LogP contribution in [-0.2, 0) is 0 Å². The first kappa shape index (κ1) is 23.7. The second-order valence-electron chi connectivity index (χ2n) is 9.38. The summed E-state index contributed by atoms with van der Waals surface area (Å²) in [6.45, 7) is 5.31. The van der Waals surface area contributed by atoms with Gasteiger partial charge < -0.3 is 20.2 Å². The zero-order chi connectivity index (χ0) is 25.4. The number of carbonyl (C=O) groups is 2. The van der Waals surface area contributed by atoms with Crippen molar-refractivity contribution >= 4 is 40.4 Å². The molecule has 188 valence electrons. The predicted molar refractivity (Wildman–Crippen MR) is 135 cm³/mol. The monoisotopic (exact) mass is 491 g/mol. The third-order valence-electron chi connectivity index (χ3n) is 7.15. The minimum atomic E-state index is -0.895. The number of carbonyl (C=O) groups excluding carboxylic acids is 1. The molecule has 2 N–H and O–H groups in total. The molecule has 0 aromatic carbocycles. The maximum Gasteiger partial charge on any atom is 0.407 e. The summed E-state index contributed by atoms with van der Waals surface area (Å²) in [6, 6.07) is 3.76. The normalized spacial score (nSPS) is 16.5. The first-order valence-electron chi connectivity index (χ1n) is 12.2. The van der Waals surface area contributed by atoms with Gasteiger partial charge in [-0.15, -0.1) is 0 Å². The Morgan fingerprint density at radius 3 is 2.39 bits per heavy atom. The Kier molecular flexibility index (Phi) is 6.29. The Labute approximate surface area is 207 Å². The van der Waals surface area contributed by atoms with Crippen LogP contribution in [0.5, 0.6) is 0 Å². The number of ketones is 1. The molecular weight excluding hydrogens is 462 g/mol. The maximum absolute atomic E-state index is 13.4. The Bertz CT molecular complexity index is 1370. The molecule has 0 bridgehead atoms. The zero-order valence-electron chi connectivity index (χ0n) is 20.4. The number of aryl methyl sites for hydroxylation is 1. The Morgan fingerprint density at radius 1 is 1.06 bits per heavy atom. The summed E-state index contributed by atoms with van der Waals surface area (Å²) in [4.78, 5) is 53.9. The van der Waals surface area contributed by atoms with Crippen LogP contribution in [0.25, 0.3) is 11.0 Å². The van der Waals surface area contributed by atoms with Crippen LogP contribution >= 0.6 is 0 Å². The lowest BCUT2D eigenvalue weighted by Gasteiger charge is -2.34. The largest absolute Gasteiger partial charge is 0.465 e. The molecule has 1 saturated carbocycles. The van der Waals surface area contributed by atoms with E-state index in [1.165, 1.54) is 11.8 Å². The standard InChI is InChI=1S/C25H29N7O4/c1-15-19-14-27-24(29-22(19)32(17-5-3-4-6-17)23(34)21(15)16(2)33)28-20-8-7-18(13-26-20)30-9-11-31(12-10-30)25(35)36/h7-8,13-14,17H,3-6,9-12H2,1-2H3,(H,35,36)(H,26,27,28,29). The van der Waals surface area contributed by atoms with Gasteiger partial charge in [0.15, 0.2) is 5.78 Å². The van der Waals surface area contributed by atoms with Gasteiger partial charge in [-0.2, -0.15) is 4.98 Å². The number of pyridine rings is 2. The topological polar surface area (TPSA) is 134 Å². The quantitative estimate of drug-likeness (QED) is 0.515. The highest BCUT2D eigenvalue weighted by Gasteiger charge is 2.26. The van der Waals surface area contributed by atoms with E-state index in [1.807, 2.05) is 12.1 Å². The number of nitrogens with zero attached hydrogens (tertiary/aromatic N) is 6. The highest BCUT2D eigenvalue weighted by atomic mass is 16.4. The average molecular weight is 492 g/mol. The lowest BCUT2D eigenvalue weighted by atomic mass is 10.0. The maximum atomic E-state index is 13.4. The number of nitrogens with one attached hydrogen (secondary N) is 1. The molecular formula is C25H29N7O4. The fraction of sp³-hybridized carbons (Fsp3) is 0.440. The van der Waals surface area contributed by atoms with Crippen LogP contribution in [-0.4, -0.2) is 67.6 Å². The first-order valence-corrected chi connectivity index (χ1v) is 12.2. The van der Waals surface area contributed by atoms with Gasteiger partial charge in [-0.3, -0.25) is 14.2 Å². The molecule has 0 unspecified atom stereocenters. The van der Waals surface area contributed by atoms with E-state index >= 15 is 0 Å². The van der Waals surface area contributed by atoms with Gasteiger partial charge in [-0.05, 0) is 44.4 Å². The summed E-state index contributed by atoms with van der Waals surface area (Å²) in [6.07, 6.45) is 6.34. The second kappa shape index (κ2) is 9.56. The number of amides is 1. The fourth-order valence-electron chi connectivity index (χ4n) is 5.23. The van der Waals surface area contributed by atoms with Crippen molar-refractivity contribution in [1.29, 1.82) is 0 Å². The SMILES string of the molecule is CC(=O)c1c(C)c2cnc(Nc3ccc(N4CCN(C(=O)O)CC4)cn3)nc2n(C2CCCC2)c1=O. The zero-order valence-corrected chi connectivity index (χ0v) is 20.4. The summed E-state index contributed by atoms with van der Waals surface area (Å²) in [5.41, 5.74) is 1.97. The number of piperazine rings is 1. The number of aromatic nitrogens is 4. The summed E-state index contributed by atoms with van der Waals surface area (Å²) in [5, 5.41) is 12.9. The van der Waals surface area contributed by atoms with Gasteiger partial charge in [0.1, 0.15) is 11.5 Å². The smallest absolute Gasteiger partial charge is 0.407 e. The van der Waals surface area contributed by atoms with E-state index < -0.39 is 6.09 Å². The van der Waals surface area contributed by atoms with Gasteiger partial charge in [-0.1, -0.05) is 12.8 Å². The molecule has 0 radical (unpaired) electrons. The molecule has 11 nitrogen and oxygen atoms in total. The van der Waals surface area contributed by atoms with Crippen molar-refractivity contribution in [2.24, 2.45) is 0 Å². The molecule has 1 amide bonds. The van der Waals surface area contributed by atoms with Gasteiger partial charge in [0.25, 0.3) is 5.56 Å². The summed E-state index contributed by atoms with van der Waals surface area (Å²) >= 11 is 0. The van der Waals surface area contributed by atoms with E-state index in [9.17, 15) is 14.4 Å². The molecule has 11 heteroatoms. The van der Waals surface area contributed by atoms with E-state index in [2.05, 4.69) is 20.2 Å². The molecule has 1 aliphatic heterocycles. The minimum Gasteiger partial charge on any atom is -0.465 e. The average Bonchev–Trinajstić information content (AvgIpc) is 3.39. The van der Waals surface area contributed by atoms with Gasteiger partial charge in [0.2, 0.25) is 5.95 Å². The molecule has 3 aromatic rings. The number of hydrogen-bond donors (Lipinski definition) is 2. The summed E-state index contributed by atoms with van der Waals surface area (Å²) < 4.78 is 1.69. The minimum absolute atomic E-state index is 0.0143. The van der Waals surface area contributed by atoms with Crippen LogP contribution in [0.3, 0.4) is 0 Å². The number of hydrogen-bond acceptors (Lipinski definition) is 8. The van der Waals surface area contributed by atoms with Crippen LogP contribution in [0.4, 0.5) is 22.2 Å². The molecule has 0 spiro atoms. The van der Waals surface area contributed by atoms with E-state index in [0.717, 1.165) is 31.4 Å². The van der Waals surface area contributed by atoms with Gasteiger partial charge in [0.05, 0.1) is 17.4 Å². The Hall–Kier alpha value is -4.02. The van der Waals surface area contributed by atoms with Crippen LogP contribution < -0.4 is 15.8 Å². The highest BCUT2D eigenvalue weighted by Crippen LogP contribution is 2.32. The van der Waals surface area contributed by atoms with Crippen LogP contribution in [0, 0.1) is 6.92 Å². The Morgan fingerprint density at radius 2 is 1.78 bits per heavy atom. The number of anilines is 3. The first-order chi connectivity index (χ1) is 17.3. The van der Waals surface area contributed by atoms with Crippen LogP contribution in [0.1, 0.15) is 54.6 Å². The molecule has 3 aromatic heterocycles. The van der Waals surface area contributed by atoms with Gasteiger partial charge in [0, 0.05) is 43.8 Å². The lowest BCUT2D eigenvalue weighted by molar-refractivity contribution is 0.101. The number of carboxylic acid groups (broad SMARTS) is 1. The molecule has 2 fully saturated rings. The number of Topliss-reactive ketones (excluding diaryl/α,β-unsaturated/α-hetero) is 1. The molecule has 2 aliphatic rings. The van der Waals surface area contributed by atoms with Crippen molar-refractivity contribution in [3.8, 4) is 0 Å². The lowest BCUT2D eigenvalue weighted by Crippen LogP contribution is -2.48. The van der Waals surface area contributed by atoms with Crippen LogP contribution in [0.2, 0.25) is 0 Å². The van der Waals surface area contributed by atoms with Crippen molar-refractivity contribution in [2.45, 2.75) is 45.6 Å². The summed E-state index contributed by atoms with van der Waals surface area (Å²) in [7, 11) is 0. The van der Waals surface area contributed by atoms with E-state index in [-0.39, 0.29) is 22.9 Å². The molecule has 5 rings (SSSR count). The molecule has 4 heterocycles. The predicted octanol–water partition coefficient (Wildman–Crippen LogP) is 3.36. The van der Waals surface area contributed by atoms with Crippen molar-refractivity contribution < 1.29 is 14.7 Å². The molecule has 1 aliphatic carbocycles. The third kappa shape index (κ3) is 4.36.